The average Bonchev–Trinajstić information content (AvgIpc) is 2.89. The van der Waals surface area contributed by atoms with Crippen LogP contribution in [0.3, 0.4) is 0 Å². The minimum absolute atomic E-state index is 0.0415. The Labute approximate surface area is 232 Å². The molecule has 0 bridgehead atoms. The maximum atomic E-state index is 13.9. The number of likely N-dealkylation sites (N-methyl/N-ethyl adjacent to an activating group) is 1. The number of nitrogens with zero attached hydrogens (tertiary/aromatic N) is 2. The number of amides is 2. The van der Waals surface area contributed by atoms with E-state index < -0.39 is 34.3 Å². The van der Waals surface area contributed by atoms with Crippen LogP contribution in [0.25, 0.3) is 0 Å². The van der Waals surface area contributed by atoms with Crippen molar-refractivity contribution in [3.05, 3.63) is 94.2 Å². The summed E-state index contributed by atoms with van der Waals surface area (Å²) < 4.78 is 41.9. The highest BCUT2D eigenvalue weighted by Gasteiger charge is 2.33. The maximum absolute atomic E-state index is 13.9. The lowest BCUT2D eigenvalue weighted by Gasteiger charge is -2.33. The van der Waals surface area contributed by atoms with Crippen molar-refractivity contribution < 1.29 is 22.4 Å². The second-order valence-corrected chi connectivity index (χ2v) is 11.1. The van der Waals surface area contributed by atoms with Crippen LogP contribution in [0, 0.1) is 5.82 Å². The van der Waals surface area contributed by atoms with Crippen molar-refractivity contribution in [2.45, 2.75) is 37.8 Å². The largest absolute Gasteiger partial charge is 0.355 e. The molecule has 0 heterocycles. The summed E-state index contributed by atoms with van der Waals surface area (Å²) in [5, 5.41) is 3.43. The SMILES string of the molecule is CCNC(=O)[C@@H](CC)N(Cc1ccc(Cl)cc1Cl)C(=O)CN(c1ccc(F)cc1)S(=O)(=O)c1ccccc1. The quantitative estimate of drug-likeness (QED) is 0.335. The molecule has 0 saturated heterocycles. The van der Waals surface area contributed by atoms with Gasteiger partial charge in [0.25, 0.3) is 10.0 Å². The Morgan fingerprint density at radius 3 is 2.21 bits per heavy atom. The Morgan fingerprint density at radius 1 is 0.974 bits per heavy atom. The fraction of sp³-hybridized carbons (Fsp3) is 0.259. The minimum atomic E-state index is -4.23. The fourth-order valence-corrected chi connectivity index (χ4v) is 5.80. The van der Waals surface area contributed by atoms with Gasteiger partial charge in [0.15, 0.2) is 0 Å². The molecule has 0 saturated carbocycles. The molecule has 7 nitrogen and oxygen atoms in total. The molecular formula is C27H28Cl2FN3O4S. The fourth-order valence-electron chi connectivity index (χ4n) is 3.90. The van der Waals surface area contributed by atoms with Gasteiger partial charge in [-0.05, 0) is 67.4 Å². The summed E-state index contributed by atoms with van der Waals surface area (Å²) in [5.41, 5.74) is 0.630. The van der Waals surface area contributed by atoms with Gasteiger partial charge < -0.3 is 10.2 Å². The highest BCUT2D eigenvalue weighted by atomic mass is 35.5. The topological polar surface area (TPSA) is 86.8 Å². The standard InChI is InChI=1S/C27H28Cl2FN3O4S/c1-3-25(27(35)31-4-2)32(17-19-10-11-20(28)16-24(19)29)26(34)18-33(22-14-12-21(30)13-15-22)38(36,37)23-8-6-5-7-9-23/h5-16,25H,3-4,17-18H2,1-2H3,(H,31,35)/t25-/m1/s1. The van der Waals surface area contributed by atoms with Gasteiger partial charge in [-0.15, -0.1) is 0 Å². The van der Waals surface area contributed by atoms with Gasteiger partial charge in [0.1, 0.15) is 18.4 Å². The highest BCUT2D eigenvalue weighted by Crippen LogP contribution is 2.27. The minimum Gasteiger partial charge on any atom is -0.355 e. The van der Waals surface area contributed by atoms with Gasteiger partial charge in [0, 0.05) is 23.1 Å². The first kappa shape index (κ1) is 29.4. The van der Waals surface area contributed by atoms with Crippen LogP contribution in [0.1, 0.15) is 25.8 Å². The van der Waals surface area contributed by atoms with E-state index in [4.69, 9.17) is 23.2 Å². The number of halogens is 3. The lowest BCUT2D eigenvalue weighted by atomic mass is 10.1. The van der Waals surface area contributed by atoms with Crippen molar-refractivity contribution in [1.29, 1.82) is 0 Å². The Bertz CT molecular complexity index is 1370. The van der Waals surface area contributed by atoms with E-state index in [1.807, 2.05) is 0 Å². The molecule has 3 aromatic rings. The number of benzene rings is 3. The van der Waals surface area contributed by atoms with Crippen molar-refractivity contribution in [2.24, 2.45) is 0 Å². The molecule has 3 aromatic carbocycles. The molecule has 1 atom stereocenters. The first-order valence-corrected chi connectivity index (χ1v) is 14.1. The average molecular weight is 581 g/mol. The number of anilines is 1. The van der Waals surface area contributed by atoms with E-state index in [0.717, 1.165) is 16.4 Å². The molecule has 0 aliphatic heterocycles. The van der Waals surface area contributed by atoms with Gasteiger partial charge in [0.05, 0.1) is 10.6 Å². The van der Waals surface area contributed by atoms with E-state index in [1.165, 1.54) is 35.2 Å². The van der Waals surface area contributed by atoms with Gasteiger partial charge in [-0.2, -0.15) is 0 Å². The monoisotopic (exact) mass is 579 g/mol. The lowest BCUT2D eigenvalue weighted by Crippen LogP contribution is -2.52. The summed E-state index contributed by atoms with van der Waals surface area (Å²) in [5.74, 6) is -1.58. The van der Waals surface area contributed by atoms with E-state index in [2.05, 4.69) is 5.32 Å². The van der Waals surface area contributed by atoms with Crippen molar-refractivity contribution in [3.63, 3.8) is 0 Å². The van der Waals surface area contributed by atoms with Crippen LogP contribution in [0.4, 0.5) is 10.1 Å². The molecule has 11 heteroatoms. The summed E-state index contributed by atoms with van der Waals surface area (Å²) in [6.07, 6.45) is 0.269. The summed E-state index contributed by atoms with van der Waals surface area (Å²) >= 11 is 12.4. The van der Waals surface area contributed by atoms with Crippen LogP contribution >= 0.6 is 23.2 Å². The molecule has 1 N–H and O–H groups in total. The Kier molecular flexibility index (Phi) is 10.1. The molecule has 2 amide bonds. The van der Waals surface area contributed by atoms with Crippen LogP contribution in [-0.2, 0) is 26.2 Å². The van der Waals surface area contributed by atoms with E-state index in [0.29, 0.717) is 22.2 Å². The predicted molar refractivity (Wildman–Crippen MR) is 147 cm³/mol. The van der Waals surface area contributed by atoms with Crippen LogP contribution in [-0.4, -0.2) is 44.3 Å². The summed E-state index contributed by atoms with van der Waals surface area (Å²) in [7, 11) is -4.23. The number of hydrogen-bond acceptors (Lipinski definition) is 4. The van der Waals surface area contributed by atoms with Gasteiger partial charge in [-0.25, -0.2) is 12.8 Å². The van der Waals surface area contributed by atoms with Crippen molar-refractivity contribution in [3.8, 4) is 0 Å². The smallest absolute Gasteiger partial charge is 0.264 e. The molecule has 0 spiro atoms. The van der Waals surface area contributed by atoms with Crippen molar-refractivity contribution in [1.82, 2.24) is 10.2 Å². The number of sulfonamides is 1. The Hall–Kier alpha value is -3.14. The van der Waals surface area contributed by atoms with Crippen LogP contribution in [0.5, 0.6) is 0 Å². The van der Waals surface area contributed by atoms with Gasteiger partial charge in [-0.3, -0.25) is 13.9 Å². The molecular weight excluding hydrogens is 552 g/mol. The Morgan fingerprint density at radius 2 is 1.63 bits per heavy atom. The number of carbonyl (C=O) groups is 2. The van der Waals surface area contributed by atoms with Gasteiger partial charge in [-0.1, -0.05) is 54.4 Å². The number of carbonyl (C=O) groups excluding carboxylic acids is 2. The summed E-state index contributed by atoms with van der Waals surface area (Å²) in [4.78, 5) is 28.0. The second-order valence-electron chi connectivity index (χ2n) is 8.38. The molecule has 202 valence electrons. The van der Waals surface area contributed by atoms with E-state index in [1.54, 1.807) is 44.2 Å². The normalized spacial score (nSPS) is 12.0. The zero-order valence-corrected chi connectivity index (χ0v) is 23.2. The third-order valence-electron chi connectivity index (χ3n) is 5.82. The summed E-state index contributed by atoms with van der Waals surface area (Å²) in [6, 6.07) is 16.3. The molecule has 38 heavy (non-hydrogen) atoms. The van der Waals surface area contributed by atoms with Gasteiger partial charge >= 0.3 is 0 Å². The van der Waals surface area contributed by atoms with E-state index in [-0.39, 0.29) is 29.5 Å². The first-order chi connectivity index (χ1) is 18.1. The predicted octanol–water partition coefficient (Wildman–Crippen LogP) is 5.27. The third-order valence-corrected chi connectivity index (χ3v) is 8.19. The molecule has 0 unspecified atom stereocenters. The highest BCUT2D eigenvalue weighted by molar-refractivity contribution is 7.92. The third kappa shape index (κ3) is 7.03. The lowest BCUT2D eigenvalue weighted by molar-refractivity contribution is -0.140. The van der Waals surface area contributed by atoms with Crippen molar-refractivity contribution >= 4 is 50.7 Å². The van der Waals surface area contributed by atoms with E-state index in [9.17, 15) is 22.4 Å². The van der Waals surface area contributed by atoms with Gasteiger partial charge in [0.2, 0.25) is 11.8 Å². The molecule has 0 aliphatic rings. The van der Waals surface area contributed by atoms with Crippen LogP contribution < -0.4 is 9.62 Å². The maximum Gasteiger partial charge on any atom is 0.264 e. The summed E-state index contributed by atoms with van der Waals surface area (Å²) in [6.45, 7) is 3.16. The van der Waals surface area contributed by atoms with Crippen molar-refractivity contribution in [2.75, 3.05) is 17.4 Å². The second kappa shape index (κ2) is 13.1. The van der Waals surface area contributed by atoms with E-state index >= 15 is 0 Å². The number of hydrogen-bond donors (Lipinski definition) is 1. The molecule has 0 aliphatic carbocycles. The molecule has 0 radical (unpaired) electrons. The first-order valence-electron chi connectivity index (χ1n) is 11.9. The zero-order valence-electron chi connectivity index (χ0n) is 20.9. The molecule has 3 rings (SSSR count). The van der Waals surface area contributed by atoms with Crippen LogP contribution in [0.2, 0.25) is 10.0 Å². The number of nitrogens with one attached hydrogen (secondary N) is 1. The molecule has 0 aromatic heterocycles. The van der Waals surface area contributed by atoms with Crippen LogP contribution in [0.15, 0.2) is 77.7 Å². The zero-order chi connectivity index (χ0) is 27.9. The Balaban J connectivity index is 2.06. The molecule has 0 fully saturated rings. The number of rotatable bonds is 11.